The van der Waals surface area contributed by atoms with Crippen molar-refractivity contribution in [3.05, 3.63) is 48.5 Å². The zero-order valence-electron chi connectivity index (χ0n) is 13.8. The minimum atomic E-state index is 0.273. The molecule has 1 fully saturated rings. The number of ether oxygens (including phenoxy) is 1. The lowest BCUT2D eigenvalue weighted by atomic mass is 10.2. The van der Waals surface area contributed by atoms with Crippen molar-refractivity contribution in [1.82, 2.24) is 15.3 Å². The summed E-state index contributed by atoms with van der Waals surface area (Å²) in [5.74, 6) is 0.867. The molecule has 0 unspecified atom stereocenters. The SMILES string of the molecule is S=C(NC[C@@H]1CCCO1)Nc1ccc(-c2nc3ccccc3[nH]2)cc1. The highest BCUT2D eigenvalue weighted by molar-refractivity contribution is 7.80. The highest BCUT2D eigenvalue weighted by atomic mass is 32.1. The molecule has 0 saturated carbocycles. The molecule has 1 aromatic heterocycles. The predicted molar refractivity (Wildman–Crippen MR) is 105 cm³/mol. The third kappa shape index (κ3) is 3.81. The summed E-state index contributed by atoms with van der Waals surface area (Å²) in [6, 6.07) is 16.1. The van der Waals surface area contributed by atoms with Gasteiger partial charge in [0.15, 0.2) is 5.11 Å². The van der Waals surface area contributed by atoms with Gasteiger partial charge in [0.05, 0.1) is 17.1 Å². The second-order valence-electron chi connectivity index (χ2n) is 6.15. The number of fused-ring (bicyclic) bond motifs is 1. The monoisotopic (exact) mass is 352 g/mol. The molecule has 3 aromatic rings. The molecule has 6 heteroatoms. The first kappa shape index (κ1) is 16.1. The molecule has 2 heterocycles. The van der Waals surface area contributed by atoms with Crippen molar-refractivity contribution in [2.24, 2.45) is 0 Å². The van der Waals surface area contributed by atoms with Crippen molar-refractivity contribution in [3.63, 3.8) is 0 Å². The Labute approximate surface area is 151 Å². The second kappa shape index (κ2) is 7.21. The van der Waals surface area contributed by atoms with Gasteiger partial charge in [-0.2, -0.15) is 0 Å². The van der Waals surface area contributed by atoms with Crippen molar-refractivity contribution in [3.8, 4) is 11.4 Å². The summed E-state index contributed by atoms with van der Waals surface area (Å²) < 4.78 is 5.58. The molecule has 1 atom stereocenters. The third-order valence-electron chi connectivity index (χ3n) is 4.32. The maximum Gasteiger partial charge on any atom is 0.170 e. The molecule has 3 N–H and O–H groups in total. The molecular formula is C19H20N4OS. The van der Waals surface area contributed by atoms with E-state index in [9.17, 15) is 0 Å². The molecule has 1 saturated heterocycles. The Morgan fingerprint density at radius 1 is 1.20 bits per heavy atom. The van der Waals surface area contributed by atoms with Gasteiger partial charge in [0.1, 0.15) is 5.82 Å². The number of anilines is 1. The maximum absolute atomic E-state index is 5.58. The molecule has 1 aliphatic heterocycles. The van der Waals surface area contributed by atoms with Gasteiger partial charge in [0, 0.05) is 24.4 Å². The number of nitrogens with zero attached hydrogens (tertiary/aromatic N) is 1. The number of thiocarbonyl (C=S) groups is 1. The average Bonchev–Trinajstić information content (AvgIpc) is 3.30. The number of imidazole rings is 1. The molecule has 4 rings (SSSR count). The van der Waals surface area contributed by atoms with E-state index in [1.807, 2.05) is 48.5 Å². The number of para-hydroxylation sites is 2. The van der Waals surface area contributed by atoms with E-state index in [0.717, 1.165) is 54.1 Å². The fraction of sp³-hybridized carbons (Fsp3) is 0.263. The van der Waals surface area contributed by atoms with Crippen LogP contribution in [0.3, 0.4) is 0 Å². The van der Waals surface area contributed by atoms with Crippen molar-refractivity contribution in [2.45, 2.75) is 18.9 Å². The average molecular weight is 352 g/mol. The topological polar surface area (TPSA) is 62.0 Å². The number of aromatic amines is 1. The van der Waals surface area contributed by atoms with Gasteiger partial charge in [-0.25, -0.2) is 4.98 Å². The lowest BCUT2D eigenvalue weighted by molar-refractivity contribution is 0.114. The van der Waals surface area contributed by atoms with Gasteiger partial charge in [-0.1, -0.05) is 12.1 Å². The molecule has 0 bridgehead atoms. The van der Waals surface area contributed by atoms with Crippen LogP contribution in [0.5, 0.6) is 0 Å². The highest BCUT2D eigenvalue weighted by Crippen LogP contribution is 2.22. The summed E-state index contributed by atoms with van der Waals surface area (Å²) in [5.41, 5.74) is 4.00. The van der Waals surface area contributed by atoms with Crippen LogP contribution in [-0.4, -0.2) is 34.3 Å². The molecule has 25 heavy (non-hydrogen) atoms. The molecule has 0 amide bonds. The van der Waals surface area contributed by atoms with Crippen LogP contribution in [0.1, 0.15) is 12.8 Å². The fourth-order valence-electron chi connectivity index (χ4n) is 2.99. The molecular weight excluding hydrogens is 332 g/mol. The predicted octanol–water partition coefficient (Wildman–Crippen LogP) is 3.70. The summed E-state index contributed by atoms with van der Waals surface area (Å²) >= 11 is 5.34. The van der Waals surface area contributed by atoms with Crippen LogP contribution >= 0.6 is 12.2 Å². The Kier molecular flexibility index (Phi) is 4.63. The van der Waals surface area contributed by atoms with Crippen LogP contribution in [0.4, 0.5) is 5.69 Å². The van der Waals surface area contributed by atoms with E-state index in [0.29, 0.717) is 5.11 Å². The highest BCUT2D eigenvalue weighted by Gasteiger charge is 2.15. The van der Waals surface area contributed by atoms with E-state index < -0.39 is 0 Å². The van der Waals surface area contributed by atoms with Crippen LogP contribution < -0.4 is 10.6 Å². The Hall–Kier alpha value is -2.44. The Morgan fingerprint density at radius 3 is 2.80 bits per heavy atom. The molecule has 0 aliphatic carbocycles. The largest absolute Gasteiger partial charge is 0.376 e. The van der Waals surface area contributed by atoms with Gasteiger partial charge in [-0.3, -0.25) is 0 Å². The van der Waals surface area contributed by atoms with Crippen LogP contribution in [0.15, 0.2) is 48.5 Å². The van der Waals surface area contributed by atoms with Crippen molar-refractivity contribution in [2.75, 3.05) is 18.5 Å². The van der Waals surface area contributed by atoms with Gasteiger partial charge in [0.25, 0.3) is 0 Å². The standard InChI is InChI=1S/C19H20N4OS/c25-19(20-12-15-4-3-11-24-15)21-14-9-7-13(8-10-14)18-22-16-5-1-2-6-17(16)23-18/h1-2,5-10,15H,3-4,11-12H2,(H,22,23)(H2,20,21,25)/t15-/m0/s1. The maximum atomic E-state index is 5.58. The minimum absolute atomic E-state index is 0.273. The van der Waals surface area contributed by atoms with Gasteiger partial charge < -0.3 is 20.4 Å². The Bertz CT molecular complexity index is 836. The van der Waals surface area contributed by atoms with E-state index in [4.69, 9.17) is 17.0 Å². The zero-order chi connectivity index (χ0) is 17.1. The lowest BCUT2D eigenvalue weighted by Crippen LogP contribution is -2.34. The molecule has 1 aliphatic rings. The number of aromatic nitrogens is 2. The van der Waals surface area contributed by atoms with E-state index in [2.05, 4.69) is 20.6 Å². The van der Waals surface area contributed by atoms with Crippen molar-refractivity contribution < 1.29 is 4.74 Å². The van der Waals surface area contributed by atoms with E-state index in [1.54, 1.807) is 0 Å². The number of hydrogen-bond donors (Lipinski definition) is 3. The summed E-state index contributed by atoms with van der Waals surface area (Å²) in [5, 5.41) is 7.04. The van der Waals surface area contributed by atoms with E-state index in [1.165, 1.54) is 0 Å². The third-order valence-corrected chi connectivity index (χ3v) is 4.57. The first-order valence-electron chi connectivity index (χ1n) is 8.49. The summed E-state index contributed by atoms with van der Waals surface area (Å²) in [6.07, 6.45) is 2.51. The minimum Gasteiger partial charge on any atom is -0.376 e. The van der Waals surface area contributed by atoms with Gasteiger partial charge in [-0.05, 0) is 61.5 Å². The molecule has 128 valence electrons. The smallest absolute Gasteiger partial charge is 0.170 e. The first-order valence-corrected chi connectivity index (χ1v) is 8.90. The zero-order valence-corrected chi connectivity index (χ0v) is 14.6. The molecule has 5 nitrogen and oxygen atoms in total. The summed E-state index contributed by atoms with van der Waals surface area (Å²) in [6.45, 7) is 1.61. The van der Waals surface area contributed by atoms with Gasteiger partial charge in [-0.15, -0.1) is 0 Å². The molecule has 0 radical (unpaired) electrons. The number of benzene rings is 2. The summed E-state index contributed by atoms with van der Waals surface area (Å²) in [7, 11) is 0. The van der Waals surface area contributed by atoms with Crippen LogP contribution in [-0.2, 0) is 4.74 Å². The number of rotatable bonds is 4. The quantitative estimate of drug-likeness (QED) is 0.625. The number of hydrogen-bond acceptors (Lipinski definition) is 3. The first-order chi connectivity index (χ1) is 12.3. The normalized spacial score (nSPS) is 16.9. The fourth-order valence-corrected chi connectivity index (χ4v) is 3.19. The lowest BCUT2D eigenvalue weighted by Gasteiger charge is -2.14. The van der Waals surface area contributed by atoms with Crippen LogP contribution in [0.25, 0.3) is 22.4 Å². The van der Waals surface area contributed by atoms with Crippen LogP contribution in [0, 0.1) is 0 Å². The molecule has 0 spiro atoms. The Balaban J connectivity index is 1.38. The number of nitrogens with one attached hydrogen (secondary N) is 3. The Morgan fingerprint density at radius 2 is 2.04 bits per heavy atom. The molecule has 2 aromatic carbocycles. The second-order valence-corrected chi connectivity index (χ2v) is 6.56. The van der Waals surface area contributed by atoms with Crippen molar-refractivity contribution in [1.29, 1.82) is 0 Å². The van der Waals surface area contributed by atoms with Crippen molar-refractivity contribution >= 4 is 34.1 Å². The van der Waals surface area contributed by atoms with E-state index >= 15 is 0 Å². The van der Waals surface area contributed by atoms with Crippen LogP contribution in [0.2, 0.25) is 0 Å². The summed E-state index contributed by atoms with van der Waals surface area (Å²) in [4.78, 5) is 7.96. The van der Waals surface area contributed by atoms with Gasteiger partial charge in [0.2, 0.25) is 0 Å². The number of H-pyrrole nitrogens is 1. The van der Waals surface area contributed by atoms with E-state index in [-0.39, 0.29) is 6.10 Å². The van der Waals surface area contributed by atoms with Gasteiger partial charge >= 0.3 is 0 Å².